The largest absolute Gasteiger partial charge is 0.480 e. The Kier molecular flexibility index (Phi) is 4.12. The minimum atomic E-state index is -0.900. The minimum Gasteiger partial charge on any atom is -0.480 e. The molecule has 0 radical (unpaired) electrons. The van der Waals surface area contributed by atoms with E-state index < -0.39 is 12.0 Å². The van der Waals surface area contributed by atoms with Crippen LogP contribution in [0.2, 0.25) is 0 Å². The molecule has 1 saturated heterocycles. The van der Waals surface area contributed by atoms with Crippen LogP contribution in [-0.4, -0.2) is 51.1 Å². The number of carbonyl (C=O) groups is 2. The van der Waals surface area contributed by atoms with Gasteiger partial charge in [0.15, 0.2) is 0 Å². The molecule has 1 aromatic rings. The normalized spacial score (nSPS) is 25.1. The van der Waals surface area contributed by atoms with Gasteiger partial charge in [0.1, 0.15) is 6.04 Å². The molecule has 1 aliphatic heterocycles. The summed E-state index contributed by atoms with van der Waals surface area (Å²) in [5.41, 5.74) is 1.08. The second-order valence-electron chi connectivity index (χ2n) is 5.59. The van der Waals surface area contributed by atoms with Crippen LogP contribution in [0.15, 0.2) is 16.8 Å². The number of carbonyl (C=O) groups excluding carboxylic acids is 1. The van der Waals surface area contributed by atoms with Crippen LogP contribution >= 0.6 is 23.1 Å². The third-order valence-electron chi connectivity index (χ3n) is 3.89. The van der Waals surface area contributed by atoms with Gasteiger partial charge < -0.3 is 10.0 Å². The van der Waals surface area contributed by atoms with Gasteiger partial charge in [-0.05, 0) is 41.1 Å². The van der Waals surface area contributed by atoms with E-state index in [0.29, 0.717) is 18.2 Å². The first-order valence-electron chi connectivity index (χ1n) is 6.97. The molecule has 2 atom stereocenters. The first-order chi connectivity index (χ1) is 10.1. The van der Waals surface area contributed by atoms with Gasteiger partial charge in [-0.2, -0.15) is 11.3 Å². The highest BCUT2D eigenvalue weighted by Crippen LogP contribution is 2.45. The van der Waals surface area contributed by atoms with Crippen molar-refractivity contribution in [3.63, 3.8) is 0 Å². The van der Waals surface area contributed by atoms with Crippen molar-refractivity contribution in [2.75, 3.05) is 12.8 Å². The molecular formula is C14H18N2O3S2. The number of hydrogen-bond donors (Lipinski definition) is 1. The molecule has 1 N–H and O–H groups in total. The molecular weight excluding hydrogens is 308 g/mol. The molecule has 0 spiro atoms. The summed E-state index contributed by atoms with van der Waals surface area (Å²) < 4.78 is 0. The minimum absolute atomic E-state index is 0.0310. The number of amides is 2. The molecule has 1 aliphatic carbocycles. The van der Waals surface area contributed by atoms with Crippen LogP contribution in [0, 0.1) is 5.92 Å². The van der Waals surface area contributed by atoms with Crippen molar-refractivity contribution in [3.05, 3.63) is 22.4 Å². The van der Waals surface area contributed by atoms with Crippen LogP contribution in [0.3, 0.4) is 0 Å². The van der Waals surface area contributed by atoms with Gasteiger partial charge in [0, 0.05) is 19.3 Å². The van der Waals surface area contributed by atoms with Crippen molar-refractivity contribution >= 4 is 35.1 Å². The fraction of sp³-hybridized carbons (Fsp3) is 0.571. The van der Waals surface area contributed by atoms with Gasteiger partial charge in [0.2, 0.25) is 0 Å². The van der Waals surface area contributed by atoms with Crippen LogP contribution in [0.1, 0.15) is 18.4 Å². The highest BCUT2D eigenvalue weighted by Gasteiger charge is 2.48. The fourth-order valence-electron chi connectivity index (χ4n) is 2.63. The van der Waals surface area contributed by atoms with Crippen LogP contribution in [-0.2, 0) is 11.3 Å². The quantitative estimate of drug-likeness (QED) is 0.924. The molecule has 21 heavy (non-hydrogen) atoms. The maximum atomic E-state index is 12.7. The molecule has 2 fully saturated rings. The predicted molar refractivity (Wildman–Crippen MR) is 83.4 cm³/mol. The summed E-state index contributed by atoms with van der Waals surface area (Å²) in [7, 11) is 1.74. The number of thiophene rings is 1. The smallest absolute Gasteiger partial charge is 0.327 e. The average Bonchev–Trinajstić information content (AvgIpc) is 3.00. The zero-order chi connectivity index (χ0) is 15.0. The molecule has 2 amide bonds. The molecule has 7 heteroatoms. The van der Waals surface area contributed by atoms with E-state index in [9.17, 15) is 14.7 Å². The van der Waals surface area contributed by atoms with Crippen LogP contribution in [0.5, 0.6) is 0 Å². The molecule has 0 bridgehead atoms. The van der Waals surface area contributed by atoms with Crippen LogP contribution in [0.25, 0.3) is 0 Å². The van der Waals surface area contributed by atoms with Crippen LogP contribution in [0.4, 0.5) is 4.79 Å². The highest BCUT2D eigenvalue weighted by atomic mass is 32.2. The third kappa shape index (κ3) is 3.03. The number of carboxylic acid groups (broad SMARTS) is 1. The van der Waals surface area contributed by atoms with Crippen molar-refractivity contribution < 1.29 is 14.7 Å². The number of thioether (sulfide) groups is 1. The van der Waals surface area contributed by atoms with Gasteiger partial charge in [-0.25, -0.2) is 9.59 Å². The number of carboxylic acids is 1. The van der Waals surface area contributed by atoms with Crippen molar-refractivity contribution in [1.29, 1.82) is 0 Å². The van der Waals surface area contributed by atoms with E-state index in [0.717, 1.165) is 18.4 Å². The first kappa shape index (κ1) is 14.7. The number of rotatable bonds is 4. The van der Waals surface area contributed by atoms with Crippen molar-refractivity contribution in [2.45, 2.75) is 30.8 Å². The number of urea groups is 1. The monoisotopic (exact) mass is 326 g/mol. The lowest BCUT2D eigenvalue weighted by atomic mass is 10.2. The molecule has 0 aromatic carbocycles. The summed E-state index contributed by atoms with van der Waals surface area (Å²) in [6.45, 7) is 0.521. The Balaban J connectivity index is 1.74. The third-order valence-corrected chi connectivity index (χ3v) is 6.09. The van der Waals surface area contributed by atoms with E-state index in [1.807, 2.05) is 16.8 Å². The second-order valence-corrected chi connectivity index (χ2v) is 7.52. The molecule has 2 aliphatic rings. The standard InChI is InChI=1S/C14H18N2O3S2/c1-15(6-9-4-5-20-7-9)14(19)16-11(13(17)18)8-21-12(16)10-2-3-10/h4-5,7,10-12H,2-3,6,8H2,1H3,(H,17,18). The Morgan fingerprint density at radius 1 is 1.48 bits per heavy atom. The molecule has 5 nitrogen and oxygen atoms in total. The molecule has 1 saturated carbocycles. The topological polar surface area (TPSA) is 60.9 Å². The number of hydrogen-bond acceptors (Lipinski definition) is 4. The number of nitrogens with zero attached hydrogens (tertiary/aromatic N) is 2. The van der Waals surface area contributed by atoms with Gasteiger partial charge in [0.25, 0.3) is 0 Å². The zero-order valence-corrected chi connectivity index (χ0v) is 13.4. The highest BCUT2D eigenvalue weighted by molar-refractivity contribution is 8.00. The van der Waals surface area contributed by atoms with E-state index in [1.54, 1.807) is 39.9 Å². The summed E-state index contributed by atoms with van der Waals surface area (Å²) in [5.74, 6) is 0.0647. The second kappa shape index (κ2) is 5.88. The fourth-order valence-corrected chi connectivity index (χ4v) is 4.91. The molecule has 3 rings (SSSR count). The predicted octanol–water partition coefficient (Wildman–Crippen LogP) is 2.54. The maximum absolute atomic E-state index is 12.7. The van der Waals surface area contributed by atoms with E-state index in [4.69, 9.17) is 0 Å². The Labute approximate surface area is 131 Å². The van der Waals surface area contributed by atoms with E-state index in [1.165, 1.54) is 0 Å². The lowest BCUT2D eigenvalue weighted by molar-refractivity contribution is -0.141. The summed E-state index contributed by atoms with van der Waals surface area (Å²) >= 11 is 3.21. The van der Waals surface area contributed by atoms with Crippen molar-refractivity contribution in [2.24, 2.45) is 5.92 Å². The summed E-state index contributed by atoms with van der Waals surface area (Å²) in [6.07, 6.45) is 2.20. The average molecular weight is 326 g/mol. The Bertz CT molecular complexity index is 530. The molecule has 2 heterocycles. The Hall–Kier alpha value is -1.21. The Morgan fingerprint density at radius 2 is 2.24 bits per heavy atom. The lowest BCUT2D eigenvalue weighted by Gasteiger charge is -2.31. The maximum Gasteiger partial charge on any atom is 0.327 e. The zero-order valence-electron chi connectivity index (χ0n) is 11.8. The number of aliphatic carboxylic acids is 1. The van der Waals surface area contributed by atoms with E-state index >= 15 is 0 Å². The van der Waals surface area contributed by atoms with Gasteiger partial charge in [0.05, 0.1) is 5.37 Å². The molecule has 114 valence electrons. The molecule has 1 aromatic heterocycles. The van der Waals surface area contributed by atoms with E-state index in [2.05, 4.69) is 0 Å². The lowest BCUT2D eigenvalue weighted by Crippen LogP contribution is -2.51. The SMILES string of the molecule is CN(Cc1ccsc1)C(=O)N1C(C(=O)O)CSC1C1CC1. The summed E-state index contributed by atoms with van der Waals surface area (Å²) in [5, 5.41) is 13.4. The van der Waals surface area contributed by atoms with Gasteiger partial charge in [-0.15, -0.1) is 11.8 Å². The summed E-state index contributed by atoms with van der Waals surface area (Å²) in [6, 6.07) is 1.12. The van der Waals surface area contributed by atoms with Crippen molar-refractivity contribution in [3.8, 4) is 0 Å². The summed E-state index contributed by atoms with van der Waals surface area (Å²) in [4.78, 5) is 27.3. The first-order valence-corrected chi connectivity index (χ1v) is 8.96. The van der Waals surface area contributed by atoms with Gasteiger partial charge in [-0.1, -0.05) is 0 Å². The Morgan fingerprint density at radius 3 is 2.81 bits per heavy atom. The van der Waals surface area contributed by atoms with Gasteiger partial charge in [-0.3, -0.25) is 4.90 Å². The van der Waals surface area contributed by atoms with Gasteiger partial charge >= 0.3 is 12.0 Å². The van der Waals surface area contributed by atoms with E-state index in [-0.39, 0.29) is 11.4 Å². The van der Waals surface area contributed by atoms with Crippen LogP contribution < -0.4 is 0 Å². The molecule has 2 unspecified atom stereocenters. The van der Waals surface area contributed by atoms with Crippen molar-refractivity contribution in [1.82, 2.24) is 9.80 Å².